The maximum absolute atomic E-state index is 12.7. The molecule has 0 saturated carbocycles. The molecule has 0 unspecified atom stereocenters. The van der Waals surface area contributed by atoms with Gasteiger partial charge in [0, 0.05) is 10.0 Å². The Bertz CT molecular complexity index is 351. The summed E-state index contributed by atoms with van der Waals surface area (Å²) in [4.78, 5) is 10.3. The predicted octanol–water partition coefficient (Wildman–Crippen LogP) is 1.92. The fourth-order valence-corrected chi connectivity index (χ4v) is 1.36. The van der Waals surface area contributed by atoms with Crippen LogP contribution in [0.1, 0.15) is 5.56 Å². The summed E-state index contributed by atoms with van der Waals surface area (Å²) in [7, 11) is 0. The average molecular weight is 249 g/mol. The van der Waals surface area contributed by atoms with Gasteiger partial charge in [-0.1, -0.05) is 15.9 Å². The van der Waals surface area contributed by atoms with Gasteiger partial charge in [-0.25, -0.2) is 4.39 Å². The van der Waals surface area contributed by atoms with E-state index in [2.05, 4.69) is 15.9 Å². The van der Waals surface area contributed by atoms with Crippen molar-refractivity contribution in [2.45, 2.75) is 6.42 Å². The van der Waals surface area contributed by atoms with Crippen LogP contribution in [0.2, 0.25) is 0 Å². The Balaban J connectivity index is 3.17. The second-order valence-corrected chi connectivity index (χ2v) is 3.28. The van der Waals surface area contributed by atoms with Crippen LogP contribution in [-0.2, 0) is 11.2 Å². The SMILES string of the molecule is O=C(O)Cc1c(Br)ccc(F)c1O. The summed E-state index contributed by atoms with van der Waals surface area (Å²) in [6, 6.07) is 2.41. The van der Waals surface area contributed by atoms with Crippen LogP contribution in [-0.4, -0.2) is 16.2 Å². The molecule has 3 nitrogen and oxygen atoms in total. The minimum Gasteiger partial charge on any atom is -0.505 e. The van der Waals surface area contributed by atoms with Gasteiger partial charge in [0.15, 0.2) is 11.6 Å². The maximum Gasteiger partial charge on any atom is 0.308 e. The molecule has 0 fully saturated rings. The van der Waals surface area contributed by atoms with E-state index in [1.165, 1.54) is 6.07 Å². The maximum atomic E-state index is 12.7. The molecule has 0 bridgehead atoms. The van der Waals surface area contributed by atoms with Gasteiger partial charge in [-0.05, 0) is 12.1 Å². The molecule has 0 saturated heterocycles. The van der Waals surface area contributed by atoms with E-state index in [-0.39, 0.29) is 5.56 Å². The van der Waals surface area contributed by atoms with Crippen LogP contribution in [0.5, 0.6) is 5.75 Å². The topological polar surface area (TPSA) is 57.5 Å². The summed E-state index contributed by atoms with van der Waals surface area (Å²) >= 11 is 3.02. The Morgan fingerprint density at radius 3 is 2.69 bits per heavy atom. The smallest absolute Gasteiger partial charge is 0.308 e. The number of aromatic hydroxyl groups is 1. The van der Waals surface area contributed by atoms with E-state index in [0.717, 1.165) is 6.07 Å². The molecule has 0 aliphatic rings. The van der Waals surface area contributed by atoms with Gasteiger partial charge in [0.25, 0.3) is 0 Å². The number of aliphatic carboxylic acids is 1. The van der Waals surface area contributed by atoms with Crippen LogP contribution in [0, 0.1) is 5.82 Å². The predicted molar refractivity (Wildman–Crippen MR) is 47.1 cm³/mol. The first-order valence-electron chi connectivity index (χ1n) is 3.40. The van der Waals surface area contributed by atoms with Gasteiger partial charge >= 0.3 is 5.97 Å². The van der Waals surface area contributed by atoms with E-state index >= 15 is 0 Å². The van der Waals surface area contributed by atoms with Crippen molar-refractivity contribution in [1.82, 2.24) is 0 Å². The van der Waals surface area contributed by atoms with Crippen molar-refractivity contribution in [1.29, 1.82) is 0 Å². The van der Waals surface area contributed by atoms with E-state index in [1.54, 1.807) is 0 Å². The molecule has 0 aromatic heterocycles. The normalized spacial score (nSPS) is 10.0. The summed E-state index contributed by atoms with van der Waals surface area (Å²) in [5, 5.41) is 17.6. The Labute approximate surface area is 81.9 Å². The van der Waals surface area contributed by atoms with Gasteiger partial charge in [-0.2, -0.15) is 0 Å². The number of rotatable bonds is 2. The van der Waals surface area contributed by atoms with Gasteiger partial charge in [0.1, 0.15) is 0 Å². The van der Waals surface area contributed by atoms with Gasteiger partial charge in [0.2, 0.25) is 0 Å². The number of phenolic OH excluding ortho intramolecular Hbond substituents is 1. The van der Waals surface area contributed by atoms with Crippen LogP contribution in [0.3, 0.4) is 0 Å². The molecule has 0 aliphatic heterocycles. The third-order valence-electron chi connectivity index (χ3n) is 1.50. The third kappa shape index (κ3) is 2.18. The summed E-state index contributed by atoms with van der Waals surface area (Å²) < 4.78 is 13.1. The first-order valence-corrected chi connectivity index (χ1v) is 4.19. The molecule has 13 heavy (non-hydrogen) atoms. The van der Waals surface area contributed by atoms with E-state index in [4.69, 9.17) is 10.2 Å². The highest BCUT2D eigenvalue weighted by molar-refractivity contribution is 9.10. The molecule has 1 aromatic rings. The summed E-state index contributed by atoms with van der Waals surface area (Å²) in [5.74, 6) is -2.56. The first-order chi connectivity index (χ1) is 6.02. The van der Waals surface area contributed by atoms with Crippen molar-refractivity contribution >= 4 is 21.9 Å². The van der Waals surface area contributed by atoms with E-state index in [1.807, 2.05) is 0 Å². The largest absolute Gasteiger partial charge is 0.505 e. The fourth-order valence-electron chi connectivity index (χ4n) is 0.902. The van der Waals surface area contributed by atoms with Gasteiger partial charge in [-0.3, -0.25) is 4.79 Å². The molecule has 0 atom stereocenters. The lowest BCUT2D eigenvalue weighted by Gasteiger charge is -2.04. The van der Waals surface area contributed by atoms with Gasteiger partial charge in [0.05, 0.1) is 6.42 Å². The highest BCUT2D eigenvalue weighted by atomic mass is 79.9. The number of hydrogen-bond donors (Lipinski definition) is 2. The number of carboxylic acids is 1. The van der Waals surface area contributed by atoms with Crippen LogP contribution in [0.25, 0.3) is 0 Å². The van der Waals surface area contributed by atoms with Crippen molar-refractivity contribution in [2.24, 2.45) is 0 Å². The molecule has 0 aliphatic carbocycles. The minimum absolute atomic E-state index is 0.0486. The molecule has 1 rings (SSSR count). The van der Waals surface area contributed by atoms with Crippen molar-refractivity contribution in [3.63, 3.8) is 0 Å². The Kier molecular flexibility index (Phi) is 2.87. The van der Waals surface area contributed by atoms with E-state index in [0.29, 0.717) is 4.47 Å². The van der Waals surface area contributed by atoms with Gasteiger partial charge in [-0.15, -0.1) is 0 Å². The lowest BCUT2D eigenvalue weighted by molar-refractivity contribution is -0.136. The molecule has 5 heteroatoms. The highest BCUT2D eigenvalue weighted by Gasteiger charge is 2.13. The number of benzene rings is 1. The zero-order chi connectivity index (χ0) is 10.0. The monoisotopic (exact) mass is 248 g/mol. The second kappa shape index (κ2) is 3.74. The van der Waals surface area contributed by atoms with Crippen LogP contribution < -0.4 is 0 Å². The lowest BCUT2D eigenvalue weighted by atomic mass is 10.1. The van der Waals surface area contributed by atoms with E-state index < -0.39 is 24.0 Å². The van der Waals surface area contributed by atoms with Crippen molar-refractivity contribution in [3.05, 3.63) is 28.0 Å². The first kappa shape index (κ1) is 9.98. The van der Waals surface area contributed by atoms with Gasteiger partial charge < -0.3 is 10.2 Å². The Hall–Kier alpha value is -1.10. The van der Waals surface area contributed by atoms with Crippen molar-refractivity contribution in [2.75, 3.05) is 0 Å². The molecule has 70 valence electrons. The molecule has 0 heterocycles. The Morgan fingerprint density at radius 2 is 2.15 bits per heavy atom. The lowest BCUT2D eigenvalue weighted by Crippen LogP contribution is -2.02. The number of halogens is 2. The average Bonchev–Trinajstić information content (AvgIpc) is 2.05. The van der Waals surface area contributed by atoms with Crippen molar-refractivity contribution < 1.29 is 19.4 Å². The summed E-state index contributed by atoms with van der Waals surface area (Å²) in [5.41, 5.74) is 0.0486. The minimum atomic E-state index is -1.12. The quantitative estimate of drug-likeness (QED) is 0.841. The van der Waals surface area contributed by atoms with Crippen molar-refractivity contribution in [3.8, 4) is 5.75 Å². The third-order valence-corrected chi connectivity index (χ3v) is 2.25. The van der Waals surface area contributed by atoms with E-state index in [9.17, 15) is 9.18 Å². The number of carbonyl (C=O) groups is 1. The zero-order valence-electron chi connectivity index (χ0n) is 6.42. The molecule has 0 amide bonds. The molecule has 1 aromatic carbocycles. The fraction of sp³-hybridized carbons (Fsp3) is 0.125. The number of carboxylic acid groups (broad SMARTS) is 1. The highest BCUT2D eigenvalue weighted by Crippen LogP contribution is 2.28. The molecular formula is C8H6BrFO3. The van der Waals surface area contributed by atoms with Crippen LogP contribution >= 0.6 is 15.9 Å². The second-order valence-electron chi connectivity index (χ2n) is 2.43. The zero-order valence-corrected chi connectivity index (χ0v) is 8.01. The molecular weight excluding hydrogens is 243 g/mol. The van der Waals surface area contributed by atoms with Crippen LogP contribution in [0.4, 0.5) is 4.39 Å². The molecule has 2 N–H and O–H groups in total. The standard InChI is InChI=1S/C8H6BrFO3/c9-5-1-2-6(10)8(13)4(5)3-7(11)12/h1-2,13H,3H2,(H,11,12). The molecule has 0 radical (unpaired) electrons. The summed E-state index contributed by atoms with van der Waals surface area (Å²) in [6.07, 6.45) is -0.413. The van der Waals surface area contributed by atoms with Crippen LogP contribution in [0.15, 0.2) is 16.6 Å². The summed E-state index contributed by atoms with van der Waals surface area (Å²) in [6.45, 7) is 0. The number of hydrogen-bond acceptors (Lipinski definition) is 2. The Morgan fingerprint density at radius 1 is 1.54 bits per heavy atom. The molecule has 0 spiro atoms. The number of phenols is 1.